The third-order valence-corrected chi connectivity index (χ3v) is 9.40. The van der Waals surface area contributed by atoms with E-state index in [9.17, 15) is 4.79 Å². The highest BCUT2D eigenvalue weighted by molar-refractivity contribution is 6.73. The Bertz CT molecular complexity index is 504. The van der Waals surface area contributed by atoms with E-state index in [0.29, 0.717) is 6.61 Å². The maximum atomic E-state index is 12.6. The quantitative estimate of drug-likeness (QED) is 0.481. The summed E-state index contributed by atoms with van der Waals surface area (Å²) in [5.74, 6) is -0.255. The molecule has 0 aliphatic rings. The average Bonchev–Trinajstić information content (AvgIpc) is 2.50. The van der Waals surface area contributed by atoms with Crippen molar-refractivity contribution in [2.45, 2.75) is 72.7 Å². The van der Waals surface area contributed by atoms with Crippen LogP contribution in [-0.2, 0) is 14.0 Å². The lowest BCUT2D eigenvalue weighted by molar-refractivity contribution is -0.152. The summed E-state index contributed by atoms with van der Waals surface area (Å²) >= 11 is 0. The Balaban J connectivity index is 3.34. The number of hydrogen-bond donors (Lipinski definition) is 0. The molecule has 0 aromatic heterocycles. The van der Waals surface area contributed by atoms with E-state index in [4.69, 9.17) is 9.16 Å². The third kappa shape index (κ3) is 4.67. The summed E-state index contributed by atoms with van der Waals surface area (Å²) in [5, 5.41) is 0. The van der Waals surface area contributed by atoms with Crippen LogP contribution in [0, 0.1) is 20.8 Å². The summed E-state index contributed by atoms with van der Waals surface area (Å²) in [6, 6.07) is 7.27. The fraction of sp³-hybridized carbons (Fsp3) is 0.632. The van der Waals surface area contributed by atoms with Crippen LogP contribution in [0.25, 0.3) is 0 Å². The largest absolute Gasteiger partial charge is 0.464 e. The highest BCUT2D eigenvalue weighted by atomic mass is 28.4. The molecule has 0 saturated carbocycles. The molecule has 3 nitrogen and oxygen atoms in total. The normalized spacial score (nSPS) is 13.0. The van der Waals surface area contributed by atoms with E-state index in [-0.39, 0.29) is 5.97 Å². The summed E-state index contributed by atoms with van der Waals surface area (Å²) in [6.07, 6.45) is -0.595. The first-order valence-electron chi connectivity index (χ1n) is 8.76. The molecule has 130 valence electrons. The first kappa shape index (κ1) is 19.9. The second-order valence-electron chi connectivity index (χ2n) is 6.31. The van der Waals surface area contributed by atoms with Gasteiger partial charge in [0.05, 0.1) is 6.61 Å². The Morgan fingerprint density at radius 2 is 1.48 bits per heavy atom. The van der Waals surface area contributed by atoms with Gasteiger partial charge in [-0.05, 0) is 62.5 Å². The van der Waals surface area contributed by atoms with E-state index in [2.05, 4.69) is 53.7 Å². The van der Waals surface area contributed by atoms with Gasteiger partial charge < -0.3 is 9.16 Å². The fourth-order valence-corrected chi connectivity index (χ4v) is 6.01. The standard InChI is InChI=1S/C19H32O3Si/c1-8-21-19(20)18(22-23(9-2,10-3)11-4)17-15(6)12-14(5)13-16(17)7/h12-13,18H,8-11H2,1-7H3. The van der Waals surface area contributed by atoms with Crippen LogP contribution in [0.1, 0.15) is 56.1 Å². The second kappa shape index (κ2) is 8.64. The molecule has 0 heterocycles. The second-order valence-corrected chi connectivity index (χ2v) is 11.0. The number of rotatable bonds is 8. The van der Waals surface area contributed by atoms with E-state index < -0.39 is 14.4 Å². The van der Waals surface area contributed by atoms with Gasteiger partial charge in [-0.15, -0.1) is 0 Å². The van der Waals surface area contributed by atoms with E-state index >= 15 is 0 Å². The number of benzene rings is 1. The lowest BCUT2D eigenvalue weighted by Crippen LogP contribution is -2.40. The minimum absolute atomic E-state index is 0.255. The molecule has 1 rings (SSSR count). The van der Waals surface area contributed by atoms with Crippen molar-refractivity contribution >= 4 is 14.3 Å². The van der Waals surface area contributed by atoms with Crippen LogP contribution in [-0.4, -0.2) is 20.9 Å². The van der Waals surface area contributed by atoms with Crippen LogP contribution in [0.2, 0.25) is 18.1 Å². The molecule has 1 aromatic rings. The van der Waals surface area contributed by atoms with Crippen molar-refractivity contribution in [1.29, 1.82) is 0 Å². The number of carbonyl (C=O) groups excluding carboxylic acids is 1. The van der Waals surface area contributed by atoms with Gasteiger partial charge in [-0.1, -0.05) is 38.5 Å². The maximum absolute atomic E-state index is 12.6. The van der Waals surface area contributed by atoms with Gasteiger partial charge in [0.25, 0.3) is 0 Å². The van der Waals surface area contributed by atoms with Gasteiger partial charge in [-0.25, -0.2) is 4.79 Å². The van der Waals surface area contributed by atoms with E-state index in [1.165, 1.54) is 5.56 Å². The molecule has 1 aromatic carbocycles. The SMILES string of the molecule is CCOC(=O)C(O[Si](CC)(CC)CC)c1c(C)cc(C)cc1C. The van der Waals surface area contributed by atoms with Crippen LogP contribution in [0.3, 0.4) is 0 Å². The number of carbonyl (C=O) groups is 1. The molecular weight excluding hydrogens is 304 g/mol. The highest BCUT2D eigenvalue weighted by Crippen LogP contribution is 2.34. The first-order valence-corrected chi connectivity index (χ1v) is 11.3. The molecule has 0 amide bonds. The number of aryl methyl sites for hydroxylation is 3. The molecule has 0 aliphatic heterocycles. The first-order chi connectivity index (χ1) is 10.8. The smallest absolute Gasteiger partial charge is 0.338 e. The Hall–Kier alpha value is -1.13. The lowest BCUT2D eigenvalue weighted by Gasteiger charge is -2.33. The molecule has 4 heteroatoms. The zero-order chi connectivity index (χ0) is 17.6. The van der Waals surface area contributed by atoms with Crippen LogP contribution < -0.4 is 0 Å². The van der Waals surface area contributed by atoms with Gasteiger partial charge in [0, 0.05) is 0 Å². The molecule has 1 unspecified atom stereocenters. The molecule has 0 fully saturated rings. The van der Waals surface area contributed by atoms with E-state index in [0.717, 1.165) is 34.8 Å². The molecule has 1 atom stereocenters. The summed E-state index contributed by atoms with van der Waals surface area (Å²) < 4.78 is 11.9. The Morgan fingerprint density at radius 1 is 1.00 bits per heavy atom. The van der Waals surface area contributed by atoms with Gasteiger partial charge in [0.2, 0.25) is 0 Å². The number of esters is 1. The Kier molecular flexibility index (Phi) is 7.48. The van der Waals surface area contributed by atoms with E-state index in [1.807, 2.05) is 6.92 Å². The van der Waals surface area contributed by atoms with Crippen LogP contribution in [0.15, 0.2) is 12.1 Å². The number of ether oxygens (including phenoxy) is 1. The van der Waals surface area contributed by atoms with Crippen molar-refractivity contribution in [3.63, 3.8) is 0 Å². The van der Waals surface area contributed by atoms with Gasteiger partial charge in [-0.2, -0.15) is 0 Å². The molecule has 0 saturated heterocycles. The summed E-state index contributed by atoms with van der Waals surface area (Å²) in [5.41, 5.74) is 4.40. The third-order valence-electron chi connectivity index (χ3n) is 4.80. The van der Waals surface area contributed by atoms with Gasteiger partial charge in [0.1, 0.15) is 0 Å². The predicted octanol–water partition coefficient (Wildman–Crippen LogP) is 5.24. The van der Waals surface area contributed by atoms with Crippen LogP contribution >= 0.6 is 0 Å². The van der Waals surface area contributed by atoms with Gasteiger partial charge >= 0.3 is 5.97 Å². The topological polar surface area (TPSA) is 35.5 Å². The van der Waals surface area contributed by atoms with Crippen molar-refractivity contribution in [1.82, 2.24) is 0 Å². The highest BCUT2D eigenvalue weighted by Gasteiger charge is 2.37. The molecule has 0 bridgehead atoms. The maximum Gasteiger partial charge on any atom is 0.338 e. The van der Waals surface area contributed by atoms with Gasteiger partial charge in [-0.3, -0.25) is 0 Å². The van der Waals surface area contributed by atoms with Crippen LogP contribution in [0.5, 0.6) is 0 Å². The molecule has 23 heavy (non-hydrogen) atoms. The monoisotopic (exact) mass is 336 g/mol. The van der Waals surface area contributed by atoms with Crippen LogP contribution in [0.4, 0.5) is 0 Å². The average molecular weight is 337 g/mol. The fourth-order valence-electron chi connectivity index (χ4n) is 3.30. The summed E-state index contributed by atoms with van der Waals surface area (Å²) in [4.78, 5) is 12.6. The van der Waals surface area contributed by atoms with Crippen molar-refractivity contribution in [3.8, 4) is 0 Å². The Labute approximate surface area is 142 Å². The van der Waals surface area contributed by atoms with Crippen molar-refractivity contribution in [2.75, 3.05) is 6.61 Å². The molecule has 0 aliphatic carbocycles. The van der Waals surface area contributed by atoms with Crippen molar-refractivity contribution < 1.29 is 14.0 Å². The molecule has 0 radical (unpaired) electrons. The molecule has 0 N–H and O–H groups in total. The number of hydrogen-bond acceptors (Lipinski definition) is 3. The predicted molar refractivity (Wildman–Crippen MR) is 98.3 cm³/mol. The van der Waals surface area contributed by atoms with Crippen molar-refractivity contribution in [2.24, 2.45) is 0 Å². The minimum Gasteiger partial charge on any atom is -0.464 e. The van der Waals surface area contributed by atoms with Gasteiger partial charge in [0.15, 0.2) is 14.4 Å². The molecule has 0 spiro atoms. The van der Waals surface area contributed by atoms with Crippen molar-refractivity contribution in [3.05, 3.63) is 34.4 Å². The minimum atomic E-state index is -1.92. The Morgan fingerprint density at radius 3 is 1.87 bits per heavy atom. The molecular formula is C19H32O3Si. The van der Waals surface area contributed by atoms with E-state index in [1.54, 1.807) is 0 Å². The zero-order valence-corrected chi connectivity index (χ0v) is 16.8. The summed E-state index contributed by atoms with van der Waals surface area (Å²) in [6.45, 7) is 14.9. The lowest BCUT2D eigenvalue weighted by atomic mass is 9.95. The summed E-state index contributed by atoms with van der Waals surface area (Å²) in [7, 11) is -1.92. The zero-order valence-electron chi connectivity index (χ0n) is 15.8.